The van der Waals surface area contributed by atoms with Gasteiger partial charge in [0, 0.05) is 32.4 Å². The maximum Gasteiger partial charge on any atom is 0.260 e. The van der Waals surface area contributed by atoms with Crippen molar-refractivity contribution in [1.29, 1.82) is 0 Å². The molecule has 3 N–H and O–H groups in total. The van der Waals surface area contributed by atoms with E-state index in [9.17, 15) is 8.42 Å². The van der Waals surface area contributed by atoms with Crippen molar-refractivity contribution >= 4 is 21.4 Å². The summed E-state index contributed by atoms with van der Waals surface area (Å²) >= 11 is 0. The van der Waals surface area contributed by atoms with E-state index in [1.807, 2.05) is 6.07 Å². The number of anilines is 2. The number of pyridine rings is 1. The highest BCUT2D eigenvalue weighted by Gasteiger charge is 2.29. The van der Waals surface area contributed by atoms with E-state index >= 15 is 0 Å². The second-order valence-corrected chi connectivity index (χ2v) is 6.65. The second-order valence-electron chi connectivity index (χ2n) is 4.75. The molecule has 0 saturated carbocycles. The lowest BCUT2D eigenvalue weighted by Crippen LogP contribution is -2.48. The molecule has 0 spiro atoms. The Kier molecular flexibility index (Phi) is 3.52. The minimum atomic E-state index is -3.49. The quantitative estimate of drug-likeness (QED) is 0.819. The summed E-state index contributed by atoms with van der Waals surface area (Å²) in [6.45, 7) is 1.98. The fourth-order valence-electron chi connectivity index (χ4n) is 2.38. The van der Waals surface area contributed by atoms with Gasteiger partial charge in [-0.25, -0.2) is 8.42 Å². The zero-order valence-electron chi connectivity index (χ0n) is 11.3. The van der Waals surface area contributed by atoms with Crippen molar-refractivity contribution in [2.75, 3.05) is 36.8 Å². The van der Waals surface area contributed by atoms with Gasteiger partial charge in [0.15, 0.2) is 5.03 Å². The first-order valence-corrected chi connectivity index (χ1v) is 7.97. The number of hydrogen-bond donors (Lipinski definition) is 2. The van der Waals surface area contributed by atoms with E-state index in [1.165, 1.54) is 16.6 Å². The minimum Gasteiger partial charge on any atom is -0.396 e. The number of aromatic amines is 1. The van der Waals surface area contributed by atoms with Gasteiger partial charge < -0.3 is 10.6 Å². The molecule has 1 aliphatic heterocycles. The first-order valence-electron chi connectivity index (χ1n) is 6.53. The molecule has 8 nitrogen and oxygen atoms in total. The third-order valence-electron chi connectivity index (χ3n) is 3.50. The van der Waals surface area contributed by atoms with Crippen LogP contribution in [0.4, 0.5) is 11.4 Å². The summed E-state index contributed by atoms with van der Waals surface area (Å²) in [5.74, 6) is 0. The molecule has 0 aromatic carbocycles. The third kappa shape index (κ3) is 2.57. The standard InChI is InChI=1S/C12H16N6O2S/c13-10-9-14-3-1-11(10)17-5-7-18(8-6-17)21(19,20)12-2-4-15-16-12/h1-4,9H,5-8,13H2,(H,15,16). The van der Waals surface area contributed by atoms with Gasteiger partial charge in [0.2, 0.25) is 0 Å². The molecule has 2 aromatic heterocycles. The van der Waals surface area contributed by atoms with E-state index in [1.54, 1.807) is 12.4 Å². The van der Waals surface area contributed by atoms with Crippen molar-refractivity contribution in [1.82, 2.24) is 19.5 Å². The Morgan fingerprint density at radius 1 is 1.14 bits per heavy atom. The number of nitrogen functional groups attached to an aromatic ring is 1. The average molecular weight is 308 g/mol. The number of sulfonamides is 1. The number of nitrogens with one attached hydrogen (secondary N) is 1. The topological polar surface area (TPSA) is 108 Å². The molecule has 1 fully saturated rings. The van der Waals surface area contributed by atoms with Gasteiger partial charge >= 0.3 is 0 Å². The van der Waals surface area contributed by atoms with Crippen molar-refractivity contribution in [3.8, 4) is 0 Å². The molecule has 9 heteroatoms. The summed E-state index contributed by atoms with van der Waals surface area (Å²) < 4.78 is 26.2. The number of piperazine rings is 1. The lowest BCUT2D eigenvalue weighted by Gasteiger charge is -2.35. The SMILES string of the molecule is Nc1cnccc1N1CCN(S(=O)(=O)c2ccn[nH]2)CC1. The molecule has 0 amide bonds. The molecule has 2 aromatic rings. The lowest BCUT2D eigenvalue weighted by atomic mass is 10.2. The Balaban J connectivity index is 1.73. The van der Waals surface area contributed by atoms with E-state index in [0.717, 1.165) is 5.69 Å². The Bertz CT molecular complexity index is 707. The van der Waals surface area contributed by atoms with Crippen LogP contribution in [0.2, 0.25) is 0 Å². The van der Waals surface area contributed by atoms with Crippen molar-refractivity contribution in [2.24, 2.45) is 0 Å². The summed E-state index contributed by atoms with van der Waals surface area (Å²) in [5, 5.41) is 6.32. The second kappa shape index (κ2) is 5.34. The minimum absolute atomic E-state index is 0.124. The van der Waals surface area contributed by atoms with E-state index < -0.39 is 10.0 Å². The summed E-state index contributed by atoms with van der Waals surface area (Å²) in [5.41, 5.74) is 7.39. The molecule has 0 bridgehead atoms. The Labute approximate surface area is 122 Å². The molecule has 3 heterocycles. The fraction of sp³-hybridized carbons (Fsp3) is 0.333. The van der Waals surface area contributed by atoms with E-state index in [-0.39, 0.29) is 5.03 Å². The molecule has 0 unspecified atom stereocenters. The zero-order valence-corrected chi connectivity index (χ0v) is 12.1. The first kappa shape index (κ1) is 13.8. The highest BCUT2D eigenvalue weighted by atomic mass is 32.2. The van der Waals surface area contributed by atoms with Crippen molar-refractivity contribution in [3.05, 3.63) is 30.7 Å². The highest BCUT2D eigenvalue weighted by molar-refractivity contribution is 7.89. The molecule has 1 saturated heterocycles. The summed E-state index contributed by atoms with van der Waals surface area (Å²) in [7, 11) is -3.49. The smallest absolute Gasteiger partial charge is 0.260 e. The maximum absolute atomic E-state index is 12.4. The summed E-state index contributed by atoms with van der Waals surface area (Å²) in [6.07, 6.45) is 4.71. The van der Waals surface area contributed by atoms with Gasteiger partial charge in [-0.05, 0) is 12.1 Å². The molecule has 1 aliphatic rings. The highest BCUT2D eigenvalue weighted by Crippen LogP contribution is 2.24. The zero-order chi connectivity index (χ0) is 14.9. The van der Waals surface area contributed by atoms with Gasteiger partial charge in [0.1, 0.15) is 0 Å². The number of hydrogen-bond acceptors (Lipinski definition) is 6. The van der Waals surface area contributed by atoms with Crippen LogP contribution in [0.15, 0.2) is 35.7 Å². The van der Waals surface area contributed by atoms with E-state index in [4.69, 9.17) is 5.73 Å². The fourth-order valence-corrected chi connectivity index (χ4v) is 3.71. The van der Waals surface area contributed by atoms with Crippen molar-refractivity contribution < 1.29 is 8.42 Å². The van der Waals surface area contributed by atoms with Gasteiger partial charge in [-0.15, -0.1) is 0 Å². The van der Waals surface area contributed by atoms with Gasteiger partial charge in [-0.3, -0.25) is 10.1 Å². The molecule has 112 valence electrons. The van der Waals surface area contributed by atoms with Crippen LogP contribution in [0.3, 0.4) is 0 Å². The van der Waals surface area contributed by atoms with E-state index in [0.29, 0.717) is 31.9 Å². The molecule has 3 rings (SSSR count). The normalized spacial score (nSPS) is 17.0. The molecule has 0 aliphatic carbocycles. The Morgan fingerprint density at radius 2 is 1.90 bits per heavy atom. The molecule has 21 heavy (non-hydrogen) atoms. The number of rotatable bonds is 3. The number of H-pyrrole nitrogens is 1. The maximum atomic E-state index is 12.4. The summed E-state index contributed by atoms with van der Waals surface area (Å²) in [6, 6.07) is 3.30. The molecular formula is C12H16N6O2S. The number of nitrogens with two attached hydrogens (primary N) is 1. The van der Waals surface area contributed by atoms with Crippen LogP contribution in [0, 0.1) is 0 Å². The van der Waals surface area contributed by atoms with Crippen LogP contribution >= 0.6 is 0 Å². The monoisotopic (exact) mass is 308 g/mol. The van der Waals surface area contributed by atoms with Crippen LogP contribution in [0.5, 0.6) is 0 Å². The lowest BCUT2D eigenvalue weighted by molar-refractivity contribution is 0.383. The van der Waals surface area contributed by atoms with Gasteiger partial charge in [-0.1, -0.05) is 0 Å². The van der Waals surface area contributed by atoms with Crippen LogP contribution in [0.1, 0.15) is 0 Å². The van der Waals surface area contributed by atoms with Crippen LogP contribution in [-0.4, -0.2) is 54.1 Å². The van der Waals surface area contributed by atoms with Gasteiger partial charge in [0.25, 0.3) is 10.0 Å². The van der Waals surface area contributed by atoms with Crippen molar-refractivity contribution in [2.45, 2.75) is 5.03 Å². The molecular weight excluding hydrogens is 292 g/mol. The number of aromatic nitrogens is 3. The average Bonchev–Trinajstić information content (AvgIpc) is 3.03. The predicted molar refractivity (Wildman–Crippen MR) is 78.2 cm³/mol. The Morgan fingerprint density at radius 3 is 2.52 bits per heavy atom. The van der Waals surface area contributed by atoms with Crippen molar-refractivity contribution in [3.63, 3.8) is 0 Å². The van der Waals surface area contributed by atoms with E-state index in [2.05, 4.69) is 20.1 Å². The molecule has 0 atom stereocenters. The first-order chi connectivity index (χ1) is 10.1. The van der Waals surface area contributed by atoms with Gasteiger partial charge in [-0.2, -0.15) is 9.40 Å². The largest absolute Gasteiger partial charge is 0.396 e. The van der Waals surface area contributed by atoms with Crippen LogP contribution < -0.4 is 10.6 Å². The van der Waals surface area contributed by atoms with Gasteiger partial charge in [0.05, 0.1) is 23.8 Å². The Hall–Kier alpha value is -2.13. The number of nitrogens with zero attached hydrogens (tertiary/aromatic N) is 4. The van der Waals surface area contributed by atoms with Crippen LogP contribution in [0.25, 0.3) is 0 Å². The third-order valence-corrected chi connectivity index (χ3v) is 5.33. The molecule has 0 radical (unpaired) electrons. The summed E-state index contributed by atoms with van der Waals surface area (Å²) in [4.78, 5) is 6.02. The predicted octanol–water partition coefficient (Wildman–Crippen LogP) is -0.102. The van der Waals surface area contributed by atoms with Crippen LogP contribution in [-0.2, 0) is 10.0 Å².